The van der Waals surface area contributed by atoms with E-state index in [-0.39, 0.29) is 0 Å². The number of halogens is 1. The van der Waals surface area contributed by atoms with Crippen molar-refractivity contribution in [3.05, 3.63) is 22.3 Å². The number of anilines is 1. The fourth-order valence-corrected chi connectivity index (χ4v) is 2.69. The monoisotopic (exact) mass is 313 g/mol. The van der Waals surface area contributed by atoms with Gasteiger partial charge in [-0.3, -0.25) is 0 Å². The molecule has 0 amide bonds. The summed E-state index contributed by atoms with van der Waals surface area (Å²) in [6, 6.07) is 2.03. The quantitative estimate of drug-likeness (QED) is 0.926. The lowest BCUT2D eigenvalue weighted by Crippen LogP contribution is -2.34. The fraction of sp³-hybridized carbons (Fsp3) is 0.615. The zero-order valence-electron chi connectivity index (χ0n) is 10.7. The Morgan fingerprint density at radius 2 is 2.39 bits per heavy atom. The van der Waals surface area contributed by atoms with Crippen molar-refractivity contribution >= 4 is 21.7 Å². The number of nitrogens with two attached hydrogens (primary N) is 1. The molecule has 0 aromatic carbocycles. The lowest BCUT2D eigenvalue weighted by molar-refractivity contribution is 0.0215. The molecule has 5 heteroatoms. The van der Waals surface area contributed by atoms with Crippen molar-refractivity contribution in [3.63, 3.8) is 0 Å². The predicted molar refractivity (Wildman–Crippen MR) is 76.7 cm³/mol. The molecule has 0 bridgehead atoms. The third kappa shape index (κ3) is 3.43. The molecule has 1 aromatic heterocycles. The van der Waals surface area contributed by atoms with Crippen molar-refractivity contribution in [2.24, 2.45) is 5.73 Å². The lowest BCUT2D eigenvalue weighted by Gasteiger charge is -2.29. The molecule has 1 saturated heterocycles. The normalized spacial score (nSPS) is 19.8. The first-order valence-electron chi connectivity index (χ1n) is 6.38. The molecule has 1 fully saturated rings. The second-order valence-corrected chi connectivity index (χ2v) is 5.63. The van der Waals surface area contributed by atoms with Gasteiger partial charge in [0.15, 0.2) is 0 Å². The third-order valence-electron chi connectivity index (χ3n) is 3.24. The Labute approximate surface area is 117 Å². The van der Waals surface area contributed by atoms with Gasteiger partial charge in [0.05, 0.1) is 6.10 Å². The first-order valence-corrected chi connectivity index (χ1v) is 7.17. The zero-order chi connectivity index (χ0) is 13.0. The van der Waals surface area contributed by atoms with Crippen molar-refractivity contribution in [2.45, 2.75) is 31.9 Å². The third-order valence-corrected chi connectivity index (χ3v) is 3.68. The lowest BCUT2D eigenvalue weighted by atomic mass is 10.1. The van der Waals surface area contributed by atoms with Crippen LogP contribution >= 0.6 is 15.9 Å². The van der Waals surface area contributed by atoms with Gasteiger partial charge in [0.2, 0.25) is 0 Å². The molecule has 0 aliphatic carbocycles. The van der Waals surface area contributed by atoms with E-state index in [2.05, 4.69) is 25.8 Å². The summed E-state index contributed by atoms with van der Waals surface area (Å²) in [7, 11) is 2.05. The van der Waals surface area contributed by atoms with Crippen molar-refractivity contribution in [1.82, 2.24) is 4.98 Å². The Kier molecular flexibility index (Phi) is 4.97. The van der Waals surface area contributed by atoms with Gasteiger partial charge in [-0.25, -0.2) is 4.98 Å². The number of hydrogen-bond donors (Lipinski definition) is 1. The number of likely N-dealkylation sites (N-methyl/N-ethyl adjacent to an activating group) is 1. The van der Waals surface area contributed by atoms with Gasteiger partial charge in [0.1, 0.15) is 5.82 Å². The minimum Gasteiger partial charge on any atom is -0.376 e. The van der Waals surface area contributed by atoms with Gasteiger partial charge in [0, 0.05) is 43.0 Å². The van der Waals surface area contributed by atoms with Crippen LogP contribution in [0.3, 0.4) is 0 Å². The molecule has 1 aliphatic heterocycles. The van der Waals surface area contributed by atoms with Crippen molar-refractivity contribution in [1.29, 1.82) is 0 Å². The van der Waals surface area contributed by atoms with Gasteiger partial charge in [-0.15, -0.1) is 0 Å². The van der Waals surface area contributed by atoms with E-state index in [1.807, 2.05) is 19.3 Å². The first-order chi connectivity index (χ1) is 8.70. The molecule has 1 unspecified atom stereocenters. The molecular weight excluding hydrogens is 294 g/mol. The Morgan fingerprint density at radius 1 is 1.56 bits per heavy atom. The van der Waals surface area contributed by atoms with Crippen LogP contribution in [0.15, 0.2) is 16.7 Å². The molecule has 1 atom stereocenters. The molecule has 4 nitrogen and oxygen atoms in total. The Hall–Kier alpha value is -0.650. The molecule has 18 heavy (non-hydrogen) atoms. The molecule has 1 aromatic rings. The van der Waals surface area contributed by atoms with Crippen LogP contribution < -0.4 is 10.6 Å². The van der Waals surface area contributed by atoms with Crippen LogP contribution in [-0.2, 0) is 11.3 Å². The molecule has 0 radical (unpaired) electrons. The van der Waals surface area contributed by atoms with Crippen LogP contribution in [0.4, 0.5) is 5.82 Å². The number of aromatic nitrogens is 1. The Bertz CT molecular complexity index is 394. The van der Waals surface area contributed by atoms with Gasteiger partial charge < -0.3 is 15.4 Å². The highest BCUT2D eigenvalue weighted by molar-refractivity contribution is 9.10. The molecule has 2 N–H and O–H groups in total. The van der Waals surface area contributed by atoms with Crippen LogP contribution in [0.25, 0.3) is 0 Å². The van der Waals surface area contributed by atoms with Crippen LogP contribution in [-0.4, -0.2) is 31.3 Å². The highest BCUT2D eigenvalue weighted by atomic mass is 79.9. The maximum atomic E-state index is 5.77. The number of nitrogens with zero attached hydrogens (tertiary/aromatic N) is 2. The van der Waals surface area contributed by atoms with Crippen LogP contribution in [0.5, 0.6) is 0 Å². The highest BCUT2D eigenvalue weighted by Gasteiger charge is 2.18. The van der Waals surface area contributed by atoms with E-state index in [1.54, 1.807) is 0 Å². The van der Waals surface area contributed by atoms with Crippen molar-refractivity contribution < 1.29 is 4.74 Å². The van der Waals surface area contributed by atoms with E-state index in [1.165, 1.54) is 12.8 Å². The standard InChI is InChI=1S/C13H20BrN3O/c1-17(9-12-4-2-3-5-18-12)13-10(7-15)6-11(14)8-16-13/h6,8,12H,2-5,7,9,15H2,1H3. The number of rotatable bonds is 4. The predicted octanol–water partition coefficient (Wildman–Crippen LogP) is 2.31. The summed E-state index contributed by atoms with van der Waals surface area (Å²) in [5, 5.41) is 0. The average Bonchev–Trinajstić information content (AvgIpc) is 2.39. The van der Waals surface area contributed by atoms with Crippen LogP contribution in [0.1, 0.15) is 24.8 Å². The summed E-state index contributed by atoms with van der Waals surface area (Å²) in [6.07, 6.45) is 5.71. The van der Waals surface area contributed by atoms with Gasteiger partial charge in [-0.1, -0.05) is 0 Å². The number of pyridine rings is 1. The highest BCUT2D eigenvalue weighted by Crippen LogP contribution is 2.22. The first kappa shape index (κ1) is 13.8. The summed E-state index contributed by atoms with van der Waals surface area (Å²) in [5.41, 5.74) is 6.83. The summed E-state index contributed by atoms with van der Waals surface area (Å²) in [6.45, 7) is 2.26. The fourth-order valence-electron chi connectivity index (χ4n) is 2.31. The van der Waals surface area contributed by atoms with Gasteiger partial charge in [-0.05, 0) is 41.3 Å². The molecule has 0 spiro atoms. The summed E-state index contributed by atoms with van der Waals surface area (Å²) < 4.78 is 6.72. The van der Waals surface area contributed by atoms with Crippen LogP contribution in [0.2, 0.25) is 0 Å². The molecule has 1 aliphatic rings. The molecular formula is C13H20BrN3O. The smallest absolute Gasteiger partial charge is 0.132 e. The average molecular weight is 314 g/mol. The van der Waals surface area contributed by atoms with Crippen LogP contribution in [0, 0.1) is 0 Å². The molecule has 2 heterocycles. The minimum atomic E-state index is 0.319. The zero-order valence-corrected chi connectivity index (χ0v) is 12.3. The van der Waals surface area contributed by atoms with Crippen molar-refractivity contribution in [2.75, 3.05) is 25.1 Å². The topological polar surface area (TPSA) is 51.4 Å². The summed E-state index contributed by atoms with van der Waals surface area (Å²) in [5.74, 6) is 0.954. The second kappa shape index (κ2) is 6.50. The summed E-state index contributed by atoms with van der Waals surface area (Å²) in [4.78, 5) is 6.60. The van der Waals surface area contributed by atoms with E-state index in [9.17, 15) is 0 Å². The molecule has 0 saturated carbocycles. The Morgan fingerprint density at radius 3 is 3.06 bits per heavy atom. The summed E-state index contributed by atoms with van der Waals surface area (Å²) >= 11 is 3.42. The minimum absolute atomic E-state index is 0.319. The van der Waals surface area contributed by atoms with Gasteiger partial charge in [-0.2, -0.15) is 0 Å². The van der Waals surface area contributed by atoms with Gasteiger partial charge >= 0.3 is 0 Å². The maximum absolute atomic E-state index is 5.77. The van der Waals surface area contributed by atoms with Crippen molar-refractivity contribution in [3.8, 4) is 0 Å². The molecule has 100 valence electrons. The number of ether oxygens (including phenoxy) is 1. The van der Waals surface area contributed by atoms with E-state index in [4.69, 9.17) is 10.5 Å². The van der Waals surface area contributed by atoms with E-state index in [0.717, 1.165) is 35.4 Å². The maximum Gasteiger partial charge on any atom is 0.132 e. The van der Waals surface area contributed by atoms with E-state index >= 15 is 0 Å². The van der Waals surface area contributed by atoms with E-state index < -0.39 is 0 Å². The van der Waals surface area contributed by atoms with Gasteiger partial charge in [0.25, 0.3) is 0 Å². The largest absolute Gasteiger partial charge is 0.376 e. The second-order valence-electron chi connectivity index (χ2n) is 4.71. The number of hydrogen-bond acceptors (Lipinski definition) is 4. The van der Waals surface area contributed by atoms with E-state index in [0.29, 0.717) is 12.6 Å². The molecule has 2 rings (SSSR count). The Balaban J connectivity index is 2.05. The SMILES string of the molecule is CN(CC1CCCCO1)c1ncc(Br)cc1CN.